The Morgan fingerprint density at radius 2 is 1.82 bits per heavy atom. The van der Waals surface area contributed by atoms with Gasteiger partial charge in [0, 0.05) is 6.61 Å². The second-order valence-electron chi connectivity index (χ2n) is 2.28. The normalized spacial score (nSPS) is 9.64. The lowest BCUT2D eigenvalue weighted by molar-refractivity contribution is 0.299. The molecule has 0 aliphatic rings. The van der Waals surface area contributed by atoms with Gasteiger partial charge in [-0.1, -0.05) is 12.1 Å². The Labute approximate surface area is 65.3 Å². The van der Waals surface area contributed by atoms with E-state index in [1.807, 2.05) is 17.6 Å². The van der Waals surface area contributed by atoms with Crippen LogP contribution in [0.25, 0.3) is 0 Å². The standard InChI is InChI=1S/C8H11NO2/c10-6-5-7-1-3-8(9-11)4-2-7/h1-4,9-11H,5-6H2. The summed E-state index contributed by atoms with van der Waals surface area (Å²) in [7, 11) is 0. The van der Waals surface area contributed by atoms with Gasteiger partial charge in [-0.2, -0.15) is 0 Å². The van der Waals surface area contributed by atoms with Crippen LogP contribution in [0.5, 0.6) is 0 Å². The Morgan fingerprint density at radius 3 is 2.27 bits per heavy atom. The predicted molar refractivity (Wildman–Crippen MR) is 42.6 cm³/mol. The molecule has 0 saturated carbocycles. The molecule has 0 heterocycles. The quantitative estimate of drug-likeness (QED) is 0.568. The van der Waals surface area contributed by atoms with Gasteiger partial charge in [0.1, 0.15) is 0 Å². The van der Waals surface area contributed by atoms with Gasteiger partial charge >= 0.3 is 0 Å². The zero-order valence-electron chi connectivity index (χ0n) is 6.12. The van der Waals surface area contributed by atoms with Crippen LogP contribution < -0.4 is 5.48 Å². The maximum Gasteiger partial charge on any atom is 0.0602 e. The zero-order valence-corrected chi connectivity index (χ0v) is 6.12. The van der Waals surface area contributed by atoms with E-state index in [0.29, 0.717) is 12.1 Å². The molecule has 0 aromatic heterocycles. The predicted octanol–water partition coefficient (Wildman–Crippen LogP) is 1.02. The van der Waals surface area contributed by atoms with Crippen molar-refractivity contribution in [3.8, 4) is 0 Å². The first-order valence-corrected chi connectivity index (χ1v) is 3.46. The van der Waals surface area contributed by atoms with E-state index in [2.05, 4.69) is 0 Å². The number of benzene rings is 1. The van der Waals surface area contributed by atoms with E-state index < -0.39 is 0 Å². The average molecular weight is 153 g/mol. The van der Waals surface area contributed by atoms with Gasteiger partial charge in [0.15, 0.2) is 0 Å². The molecule has 0 amide bonds. The second kappa shape index (κ2) is 3.95. The number of anilines is 1. The van der Waals surface area contributed by atoms with Gasteiger partial charge < -0.3 is 5.11 Å². The Kier molecular flexibility index (Phi) is 2.89. The largest absolute Gasteiger partial charge is 0.396 e. The molecule has 0 fully saturated rings. The lowest BCUT2D eigenvalue weighted by Gasteiger charge is -2.00. The molecule has 0 unspecified atom stereocenters. The maximum absolute atomic E-state index is 8.58. The minimum atomic E-state index is 0.159. The zero-order chi connectivity index (χ0) is 8.10. The molecule has 0 radical (unpaired) electrons. The summed E-state index contributed by atoms with van der Waals surface area (Å²) in [6, 6.07) is 7.22. The van der Waals surface area contributed by atoms with E-state index in [4.69, 9.17) is 10.3 Å². The van der Waals surface area contributed by atoms with Crippen LogP contribution in [0.2, 0.25) is 0 Å². The van der Waals surface area contributed by atoms with Crippen LogP contribution in [-0.2, 0) is 6.42 Å². The van der Waals surface area contributed by atoms with Gasteiger partial charge in [-0.3, -0.25) is 10.7 Å². The van der Waals surface area contributed by atoms with Crippen molar-refractivity contribution in [2.45, 2.75) is 6.42 Å². The van der Waals surface area contributed by atoms with Crippen molar-refractivity contribution in [1.82, 2.24) is 0 Å². The van der Waals surface area contributed by atoms with E-state index in [0.717, 1.165) is 5.56 Å². The fourth-order valence-corrected chi connectivity index (χ4v) is 0.875. The van der Waals surface area contributed by atoms with Crippen LogP contribution in [0.1, 0.15) is 5.56 Å². The molecule has 0 aliphatic carbocycles. The van der Waals surface area contributed by atoms with Gasteiger partial charge in [0.25, 0.3) is 0 Å². The van der Waals surface area contributed by atoms with Gasteiger partial charge in [-0.15, -0.1) is 0 Å². The van der Waals surface area contributed by atoms with Crippen molar-refractivity contribution in [2.24, 2.45) is 0 Å². The Morgan fingerprint density at radius 1 is 1.18 bits per heavy atom. The first-order chi connectivity index (χ1) is 5.36. The minimum Gasteiger partial charge on any atom is -0.396 e. The fraction of sp³-hybridized carbons (Fsp3) is 0.250. The average Bonchev–Trinajstić information content (AvgIpc) is 2.07. The summed E-state index contributed by atoms with van der Waals surface area (Å²) in [5, 5.41) is 17.0. The third-order valence-corrected chi connectivity index (χ3v) is 1.48. The molecule has 60 valence electrons. The monoisotopic (exact) mass is 153 g/mol. The lowest BCUT2D eigenvalue weighted by Crippen LogP contribution is -1.92. The third kappa shape index (κ3) is 2.22. The van der Waals surface area contributed by atoms with Gasteiger partial charge in [0.05, 0.1) is 5.69 Å². The summed E-state index contributed by atoms with van der Waals surface area (Å²) in [4.78, 5) is 0. The highest BCUT2D eigenvalue weighted by Crippen LogP contribution is 2.08. The Balaban J connectivity index is 2.66. The van der Waals surface area contributed by atoms with E-state index in [-0.39, 0.29) is 6.61 Å². The summed E-state index contributed by atoms with van der Waals surface area (Å²) < 4.78 is 0. The highest BCUT2D eigenvalue weighted by Gasteiger charge is 1.91. The molecule has 0 bridgehead atoms. The third-order valence-electron chi connectivity index (χ3n) is 1.48. The summed E-state index contributed by atoms with van der Waals surface area (Å²) in [5.41, 5.74) is 3.75. The molecule has 0 spiro atoms. The van der Waals surface area contributed by atoms with Gasteiger partial charge in [0.2, 0.25) is 0 Å². The summed E-state index contributed by atoms with van der Waals surface area (Å²) in [5.74, 6) is 0. The molecule has 1 aromatic carbocycles. The molecule has 0 saturated heterocycles. The van der Waals surface area contributed by atoms with Crippen LogP contribution in [0.4, 0.5) is 5.69 Å². The highest BCUT2D eigenvalue weighted by atomic mass is 16.5. The fourth-order valence-electron chi connectivity index (χ4n) is 0.875. The molecule has 0 aliphatic heterocycles. The molecular formula is C8H11NO2. The topological polar surface area (TPSA) is 52.5 Å². The number of hydrogen-bond donors (Lipinski definition) is 3. The van der Waals surface area contributed by atoms with Crippen molar-refractivity contribution in [3.05, 3.63) is 29.8 Å². The van der Waals surface area contributed by atoms with Crippen molar-refractivity contribution in [1.29, 1.82) is 0 Å². The molecule has 3 nitrogen and oxygen atoms in total. The lowest BCUT2D eigenvalue weighted by atomic mass is 10.1. The van der Waals surface area contributed by atoms with Crippen LogP contribution in [-0.4, -0.2) is 16.9 Å². The maximum atomic E-state index is 8.58. The number of aliphatic hydroxyl groups is 1. The molecule has 1 aromatic rings. The number of nitrogens with one attached hydrogen (secondary N) is 1. The first-order valence-electron chi connectivity index (χ1n) is 3.46. The molecule has 3 heteroatoms. The van der Waals surface area contributed by atoms with Crippen molar-refractivity contribution < 1.29 is 10.3 Å². The number of rotatable bonds is 3. The number of hydrogen-bond acceptors (Lipinski definition) is 3. The van der Waals surface area contributed by atoms with Gasteiger partial charge in [-0.05, 0) is 24.1 Å². The molecule has 3 N–H and O–H groups in total. The molecule has 1 rings (SSSR count). The van der Waals surface area contributed by atoms with Gasteiger partial charge in [-0.25, -0.2) is 0 Å². The Bertz CT molecular complexity index is 208. The van der Waals surface area contributed by atoms with Crippen LogP contribution in [0.15, 0.2) is 24.3 Å². The minimum absolute atomic E-state index is 0.159. The molecule has 0 atom stereocenters. The van der Waals surface area contributed by atoms with E-state index in [1.165, 1.54) is 0 Å². The summed E-state index contributed by atoms with van der Waals surface area (Å²) in [6.45, 7) is 0.159. The first kappa shape index (κ1) is 8.04. The van der Waals surface area contributed by atoms with E-state index in [9.17, 15) is 0 Å². The smallest absolute Gasteiger partial charge is 0.0602 e. The summed E-state index contributed by atoms with van der Waals surface area (Å²) >= 11 is 0. The van der Waals surface area contributed by atoms with E-state index in [1.54, 1.807) is 12.1 Å². The Hall–Kier alpha value is -1.06. The van der Waals surface area contributed by atoms with Crippen molar-refractivity contribution in [2.75, 3.05) is 12.1 Å². The molecule has 11 heavy (non-hydrogen) atoms. The van der Waals surface area contributed by atoms with Crippen LogP contribution >= 0.6 is 0 Å². The number of aliphatic hydroxyl groups excluding tert-OH is 1. The highest BCUT2D eigenvalue weighted by molar-refractivity contribution is 5.42. The summed E-state index contributed by atoms with van der Waals surface area (Å²) in [6.07, 6.45) is 0.658. The second-order valence-corrected chi connectivity index (χ2v) is 2.28. The van der Waals surface area contributed by atoms with Crippen LogP contribution in [0.3, 0.4) is 0 Å². The van der Waals surface area contributed by atoms with Crippen molar-refractivity contribution >= 4 is 5.69 Å². The van der Waals surface area contributed by atoms with Crippen molar-refractivity contribution in [3.63, 3.8) is 0 Å². The van der Waals surface area contributed by atoms with Crippen LogP contribution in [0, 0.1) is 0 Å². The molecular weight excluding hydrogens is 142 g/mol. The van der Waals surface area contributed by atoms with E-state index >= 15 is 0 Å². The SMILES string of the molecule is OCCc1ccc(NO)cc1.